The molecule has 0 radical (unpaired) electrons. The van der Waals surface area contributed by atoms with Crippen LogP contribution < -0.4 is 4.74 Å². The Morgan fingerprint density at radius 3 is 2.47 bits per heavy atom. The Morgan fingerprint density at radius 2 is 1.79 bits per heavy atom. The minimum atomic E-state index is -0.642. The number of carbonyl (C=O) groups excluding carboxylic acids is 3. The SMILES string of the molecule is CCOc1ccc(C(=O)CCC(=O)OCC(=O)N2N=C(c3ccco3)CC2c2ccco2)cc1. The number of carbonyl (C=O) groups is 3. The maximum atomic E-state index is 12.8. The van der Waals surface area contributed by atoms with Gasteiger partial charge in [0.2, 0.25) is 0 Å². The predicted molar refractivity (Wildman–Crippen MR) is 120 cm³/mol. The summed E-state index contributed by atoms with van der Waals surface area (Å²) < 4.78 is 21.3. The van der Waals surface area contributed by atoms with E-state index in [9.17, 15) is 14.4 Å². The quantitative estimate of drug-likeness (QED) is 0.327. The molecule has 0 N–H and O–H groups in total. The number of hydrogen-bond donors (Lipinski definition) is 0. The Kier molecular flexibility index (Phi) is 7.22. The van der Waals surface area contributed by atoms with Crippen LogP contribution in [-0.2, 0) is 14.3 Å². The third-order valence-electron chi connectivity index (χ3n) is 5.24. The lowest BCUT2D eigenvalue weighted by atomic mass is 10.1. The molecule has 0 aliphatic carbocycles. The van der Waals surface area contributed by atoms with E-state index in [1.54, 1.807) is 48.5 Å². The summed E-state index contributed by atoms with van der Waals surface area (Å²) in [6.45, 7) is 1.91. The van der Waals surface area contributed by atoms with E-state index in [2.05, 4.69) is 5.10 Å². The lowest BCUT2D eigenvalue weighted by Crippen LogP contribution is -2.31. The molecule has 9 heteroatoms. The van der Waals surface area contributed by atoms with Crippen molar-refractivity contribution in [2.24, 2.45) is 5.10 Å². The first-order valence-corrected chi connectivity index (χ1v) is 10.9. The van der Waals surface area contributed by atoms with E-state index >= 15 is 0 Å². The fourth-order valence-electron chi connectivity index (χ4n) is 3.58. The molecule has 34 heavy (non-hydrogen) atoms. The van der Waals surface area contributed by atoms with Gasteiger partial charge in [-0.2, -0.15) is 5.10 Å². The molecule has 1 aliphatic heterocycles. The summed E-state index contributed by atoms with van der Waals surface area (Å²) in [4.78, 5) is 37.3. The maximum absolute atomic E-state index is 12.8. The van der Waals surface area contributed by atoms with Gasteiger partial charge >= 0.3 is 5.97 Å². The van der Waals surface area contributed by atoms with Gasteiger partial charge in [-0.15, -0.1) is 0 Å². The molecule has 0 saturated carbocycles. The van der Waals surface area contributed by atoms with Crippen molar-refractivity contribution < 1.29 is 32.7 Å². The molecular weight excluding hydrogens is 440 g/mol. The monoisotopic (exact) mass is 464 g/mol. The third-order valence-corrected chi connectivity index (χ3v) is 5.24. The standard InChI is InChI=1S/C25H24N2O7/c1-2-31-18-9-7-17(8-10-18)21(28)11-12-25(30)34-16-24(29)27-20(23-6-4-14-33-23)15-19(26-27)22-5-3-13-32-22/h3-10,13-14,20H,2,11-12,15-16H2,1H3. The van der Waals surface area contributed by atoms with Gasteiger partial charge in [0.15, 0.2) is 12.4 Å². The molecule has 0 saturated heterocycles. The summed E-state index contributed by atoms with van der Waals surface area (Å²) in [5.41, 5.74) is 1.07. The predicted octanol–water partition coefficient (Wildman–Crippen LogP) is 4.16. The van der Waals surface area contributed by atoms with Crippen LogP contribution in [0.4, 0.5) is 0 Å². The summed E-state index contributed by atoms with van der Waals surface area (Å²) in [6.07, 6.45) is 3.28. The maximum Gasteiger partial charge on any atom is 0.306 e. The molecule has 1 unspecified atom stereocenters. The highest BCUT2D eigenvalue weighted by Crippen LogP contribution is 2.33. The van der Waals surface area contributed by atoms with E-state index in [-0.39, 0.29) is 18.6 Å². The van der Waals surface area contributed by atoms with Crippen molar-refractivity contribution in [1.29, 1.82) is 0 Å². The van der Waals surface area contributed by atoms with Crippen molar-refractivity contribution in [2.75, 3.05) is 13.2 Å². The Morgan fingerprint density at radius 1 is 1.03 bits per heavy atom. The van der Waals surface area contributed by atoms with E-state index in [1.807, 2.05) is 6.92 Å². The Hall–Kier alpha value is -4.14. The minimum Gasteiger partial charge on any atom is -0.494 e. The van der Waals surface area contributed by atoms with Crippen molar-refractivity contribution in [3.8, 4) is 5.75 Å². The van der Waals surface area contributed by atoms with Crippen LogP contribution in [0.2, 0.25) is 0 Å². The summed E-state index contributed by atoms with van der Waals surface area (Å²) in [7, 11) is 0. The number of amides is 1. The first kappa shape index (κ1) is 23.0. The molecule has 1 atom stereocenters. The van der Waals surface area contributed by atoms with Crippen LogP contribution in [0.25, 0.3) is 0 Å². The van der Waals surface area contributed by atoms with Crippen LogP contribution in [0.1, 0.15) is 54.1 Å². The second kappa shape index (κ2) is 10.7. The summed E-state index contributed by atoms with van der Waals surface area (Å²) in [5, 5.41) is 5.62. The molecule has 1 aliphatic rings. The van der Waals surface area contributed by atoms with E-state index in [0.717, 1.165) is 0 Å². The first-order valence-electron chi connectivity index (χ1n) is 10.9. The lowest BCUT2D eigenvalue weighted by molar-refractivity contribution is -0.152. The molecule has 3 heterocycles. The van der Waals surface area contributed by atoms with E-state index in [1.165, 1.54) is 17.5 Å². The Balaban J connectivity index is 1.31. The number of rotatable bonds is 10. The van der Waals surface area contributed by atoms with Crippen LogP contribution in [0.15, 0.2) is 75.0 Å². The molecular formula is C25H24N2O7. The zero-order chi connectivity index (χ0) is 23.9. The summed E-state index contributed by atoms with van der Waals surface area (Å²) >= 11 is 0. The molecule has 4 rings (SSSR count). The van der Waals surface area contributed by atoms with E-state index < -0.39 is 24.5 Å². The molecule has 1 aromatic carbocycles. The minimum absolute atomic E-state index is 0.0272. The third kappa shape index (κ3) is 5.43. The number of Topliss-reactive ketones (excluding diaryl/α,β-unsaturated/α-hetero) is 1. The average molecular weight is 464 g/mol. The molecule has 176 valence electrons. The van der Waals surface area contributed by atoms with Gasteiger partial charge in [-0.3, -0.25) is 14.4 Å². The molecule has 9 nitrogen and oxygen atoms in total. The molecule has 0 fully saturated rings. The zero-order valence-corrected chi connectivity index (χ0v) is 18.6. The average Bonchev–Trinajstić information content (AvgIpc) is 3.62. The van der Waals surface area contributed by atoms with Crippen LogP contribution >= 0.6 is 0 Å². The second-order valence-corrected chi connectivity index (χ2v) is 7.54. The van der Waals surface area contributed by atoms with Crippen molar-refractivity contribution in [2.45, 2.75) is 32.2 Å². The van der Waals surface area contributed by atoms with Gasteiger partial charge in [0.25, 0.3) is 5.91 Å². The number of esters is 1. The van der Waals surface area contributed by atoms with Crippen LogP contribution in [0.3, 0.4) is 0 Å². The van der Waals surface area contributed by atoms with Crippen molar-refractivity contribution in [1.82, 2.24) is 5.01 Å². The van der Waals surface area contributed by atoms with Crippen LogP contribution in [0.5, 0.6) is 5.75 Å². The van der Waals surface area contributed by atoms with Crippen LogP contribution in [-0.4, -0.2) is 41.6 Å². The number of hydrazone groups is 1. The van der Waals surface area contributed by atoms with E-state index in [0.29, 0.717) is 41.6 Å². The van der Waals surface area contributed by atoms with Gasteiger partial charge in [0, 0.05) is 18.4 Å². The highest BCUT2D eigenvalue weighted by molar-refractivity contribution is 6.01. The molecule has 2 aromatic heterocycles. The molecule has 0 bridgehead atoms. The van der Waals surface area contributed by atoms with Crippen molar-refractivity contribution >= 4 is 23.4 Å². The number of ketones is 1. The fraction of sp³-hybridized carbons (Fsp3) is 0.280. The molecule has 3 aromatic rings. The lowest BCUT2D eigenvalue weighted by Gasteiger charge is -2.19. The largest absolute Gasteiger partial charge is 0.494 e. The highest BCUT2D eigenvalue weighted by Gasteiger charge is 2.36. The van der Waals surface area contributed by atoms with E-state index in [4.69, 9.17) is 18.3 Å². The first-order chi connectivity index (χ1) is 16.5. The Labute approximate surface area is 195 Å². The normalized spacial score (nSPS) is 15.1. The van der Waals surface area contributed by atoms with Gasteiger partial charge in [-0.25, -0.2) is 5.01 Å². The second-order valence-electron chi connectivity index (χ2n) is 7.54. The van der Waals surface area contributed by atoms with Gasteiger partial charge in [0.1, 0.15) is 29.0 Å². The topological polar surface area (TPSA) is 112 Å². The number of benzene rings is 1. The van der Waals surface area contributed by atoms with Gasteiger partial charge < -0.3 is 18.3 Å². The van der Waals surface area contributed by atoms with Gasteiger partial charge in [-0.1, -0.05) is 0 Å². The van der Waals surface area contributed by atoms with Gasteiger partial charge in [-0.05, 0) is 55.5 Å². The van der Waals surface area contributed by atoms with Crippen molar-refractivity contribution in [3.05, 3.63) is 78.1 Å². The zero-order valence-electron chi connectivity index (χ0n) is 18.6. The van der Waals surface area contributed by atoms with Gasteiger partial charge in [0.05, 0.1) is 25.6 Å². The molecule has 1 amide bonds. The number of nitrogens with zero attached hydrogens (tertiary/aromatic N) is 2. The number of hydrogen-bond acceptors (Lipinski definition) is 8. The Bertz CT molecular complexity index is 1150. The number of ether oxygens (including phenoxy) is 2. The summed E-state index contributed by atoms with van der Waals surface area (Å²) in [5.74, 6) is 0.439. The highest BCUT2D eigenvalue weighted by atomic mass is 16.5. The van der Waals surface area contributed by atoms with Crippen molar-refractivity contribution in [3.63, 3.8) is 0 Å². The fourth-order valence-corrected chi connectivity index (χ4v) is 3.58. The summed E-state index contributed by atoms with van der Waals surface area (Å²) in [6, 6.07) is 13.2. The number of furan rings is 2. The smallest absolute Gasteiger partial charge is 0.306 e. The van der Waals surface area contributed by atoms with Crippen LogP contribution in [0, 0.1) is 0 Å². The molecule has 0 spiro atoms.